The van der Waals surface area contributed by atoms with Crippen LogP contribution < -0.4 is 5.32 Å². The van der Waals surface area contributed by atoms with Crippen molar-refractivity contribution in [2.45, 2.75) is 39.3 Å². The maximum absolute atomic E-state index is 12.6. The molecule has 1 aromatic carbocycles. The third-order valence-corrected chi connectivity index (χ3v) is 5.27. The Morgan fingerprint density at radius 3 is 2.85 bits per heavy atom. The highest BCUT2D eigenvalue weighted by Gasteiger charge is 2.36. The van der Waals surface area contributed by atoms with Crippen molar-refractivity contribution < 1.29 is 9.59 Å². The Kier molecular flexibility index (Phi) is 5.93. The van der Waals surface area contributed by atoms with Gasteiger partial charge in [0, 0.05) is 43.2 Å². The highest BCUT2D eigenvalue weighted by atomic mass is 16.2. The predicted octanol–water partition coefficient (Wildman–Crippen LogP) is 2.12. The van der Waals surface area contributed by atoms with Crippen molar-refractivity contribution in [3.63, 3.8) is 0 Å². The first kappa shape index (κ1) is 18.5. The molecule has 6 nitrogen and oxygen atoms in total. The number of para-hydroxylation sites is 1. The van der Waals surface area contributed by atoms with Gasteiger partial charge in [0.25, 0.3) is 0 Å². The maximum Gasteiger partial charge on any atom is 0.242 e. The molecule has 1 atom stereocenters. The second-order valence-corrected chi connectivity index (χ2v) is 6.75. The van der Waals surface area contributed by atoms with Gasteiger partial charge in [0.15, 0.2) is 0 Å². The molecule has 0 saturated carbocycles. The van der Waals surface area contributed by atoms with Gasteiger partial charge in [-0.1, -0.05) is 32.0 Å². The van der Waals surface area contributed by atoms with E-state index < -0.39 is 0 Å². The number of likely N-dealkylation sites (tertiary alicyclic amines) is 1. The lowest BCUT2D eigenvalue weighted by molar-refractivity contribution is -0.135. The van der Waals surface area contributed by atoms with Crippen LogP contribution >= 0.6 is 0 Å². The number of carbonyl (C=O) groups is 2. The third-order valence-electron chi connectivity index (χ3n) is 5.27. The van der Waals surface area contributed by atoms with Crippen molar-refractivity contribution in [1.82, 2.24) is 20.1 Å². The van der Waals surface area contributed by atoms with Crippen molar-refractivity contribution in [2.75, 3.05) is 26.2 Å². The van der Waals surface area contributed by atoms with Crippen LogP contribution in [-0.2, 0) is 16.1 Å². The monoisotopic (exact) mass is 356 g/mol. The summed E-state index contributed by atoms with van der Waals surface area (Å²) in [4.78, 5) is 32.2. The molecule has 6 heteroatoms. The fraction of sp³-hybridized carbons (Fsp3) is 0.500. The molecule has 0 radical (unpaired) electrons. The molecular formula is C20H28N4O2. The van der Waals surface area contributed by atoms with E-state index >= 15 is 0 Å². The Morgan fingerprint density at radius 1 is 1.31 bits per heavy atom. The number of likely N-dealkylation sites (N-methyl/N-ethyl adjacent to an activating group) is 1. The number of aromatic nitrogens is 1. The first-order chi connectivity index (χ1) is 12.6. The molecule has 1 fully saturated rings. The topological polar surface area (TPSA) is 68.4 Å². The summed E-state index contributed by atoms with van der Waals surface area (Å²) >= 11 is 0. The van der Waals surface area contributed by atoms with Crippen LogP contribution in [0.2, 0.25) is 0 Å². The Hall–Kier alpha value is -2.34. The van der Waals surface area contributed by atoms with Crippen molar-refractivity contribution in [2.24, 2.45) is 0 Å². The van der Waals surface area contributed by atoms with Crippen LogP contribution in [0.3, 0.4) is 0 Å². The molecule has 2 amide bonds. The summed E-state index contributed by atoms with van der Waals surface area (Å²) in [6, 6.07) is 7.66. The van der Waals surface area contributed by atoms with E-state index in [1.54, 1.807) is 4.90 Å². The van der Waals surface area contributed by atoms with Gasteiger partial charge in [0.1, 0.15) is 6.04 Å². The fourth-order valence-corrected chi connectivity index (χ4v) is 3.65. The summed E-state index contributed by atoms with van der Waals surface area (Å²) in [7, 11) is 0. The summed E-state index contributed by atoms with van der Waals surface area (Å²) in [6.45, 7) is 8.10. The Bertz CT molecular complexity index is 766. The summed E-state index contributed by atoms with van der Waals surface area (Å²) in [6.07, 6.45) is 2.97. The van der Waals surface area contributed by atoms with Crippen molar-refractivity contribution in [3.8, 4) is 0 Å². The number of carbonyl (C=O) groups excluding carboxylic acids is 2. The Morgan fingerprint density at radius 2 is 2.08 bits per heavy atom. The van der Waals surface area contributed by atoms with E-state index in [0.717, 1.165) is 36.1 Å². The van der Waals surface area contributed by atoms with Crippen LogP contribution in [0.25, 0.3) is 10.9 Å². The molecule has 1 saturated heterocycles. The predicted molar refractivity (Wildman–Crippen MR) is 103 cm³/mol. The number of hydrogen-bond acceptors (Lipinski definition) is 3. The van der Waals surface area contributed by atoms with Crippen molar-refractivity contribution in [3.05, 3.63) is 36.0 Å². The number of amides is 2. The number of fused-ring (bicyclic) bond motifs is 1. The molecule has 3 rings (SSSR count). The molecule has 1 aliphatic heterocycles. The molecule has 2 aromatic rings. The van der Waals surface area contributed by atoms with Crippen LogP contribution in [0.5, 0.6) is 0 Å². The van der Waals surface area contributed by atoms with Gasteiger partial charge in [-0.2, -0.15) is 0 Å². The smallest absolute Gasteiger partial charge is 0.242 e. The summed E-state index contributed by atoms with van der Waals surface area (Å²) in [5.41, 5.74) is 2.10. The first-order valence-electron chi connectivity index (χ1n) is 9.48. The average Bonchev–Trinajstić information content (AvgIpc) is 3.23. The van der Waals surface area contributed by atoms with Gasteiger partial charge >= 0.3 is 0 Å². The van der Waals surface area contributed by atoms with Gasteiger partial charge in [-0.3, -0.25) is 9.59 Å². The molecule has 1 aromatic heterocycles. The van der Waals surface area contributed by atoms with Crippen LogP contribution in [0, 0.1) is 0 Å². The minimum absolute atomic E-state index is 0.0390. The maximum atomic E-state index is 12.6. The van der Waals surface area contributed by atoms with Crippen LogP contribution in [0.15, 0.2) is 30.5 Å². The minimum atomic E-state index is -0.368. The summed E-state index contributed by atoms with van der Waals surface area (Å²) in [5, 5.41) is 4.11. The number of hydrogen-bond donors (Lipinski definition) is 2. The normalized spacial score (nSPS) is 17.4. The molecule has 2 N–H and O–H groups in total. The van der Waals surface area contributed by atoms with Gasteiger partial charge in [-0.25, -0.2) is 0 Å². The van der Waals surface area contributed by atoms with E-state index in [9.17, 15) is 9.59 Å². The lowest BCUT2D eigenvalue weighted by Crippen LogP contribution is -2.46. The largest absolute Gasteiger partial charge is 0.361 e. The van der Waals surface area contributed by atoms with Crippen LogP contribution in [0.1, 0.15) is 32.3 Å². The number of H-pyrrole nitrogens is 1. The van der Waals surface area contributed by atoms with Gasteiger partial charge < -0.3 is 20.1 Å². The zero-order chi connectivity index (χ0) is 18.5. The molecule has 1 aliphatic rings. The van der Waals surface area contributed by atoms with Gasteiger partial charge in [-0.15, -0.1) is 0 Å². The van der Waals surface area contributed by atoms with Gasteiger partial charge in [0.2, 0.25) is 11.8 Å². The van der Waals surface area contributed by atoms with E-state index in [0.29, 0.717) is 25.9 Å². The zero-order valence-electron chi connectivity index (χ0n) is 15.6. The number of nitrogens with one attached hydrogen (secondary N) is 2. The third kappa shape index (κ3) is 3.90. The first-order valence-corrected chi connectivity index (χ1v) is 9.48. The molecule has 1 unspecified atom stereocenters. The van der Waals surface area contributed by atoms with Crippen LogP contribution in [0.4, 0.5) is 0 Å². The van der Waals surface area contributed by atoms with E-state index in [1.165, 1.54) is 0 Å². The van der Waals surface area contributed by atoms with Crippen molar-refractivity contribution in [1.29, 1.82) is 0 Å². The standard InChI is InChI=1S/C20H28N4O2/c1-3-23(4-2)12-11-21-20(26)18-9-10-19(25)24(18)14-15-13-22-17-8-6-5-7-16(15)17/h5-8,13,18,22H,3-4,9-12,14H2,1-2H3,(H,21,26). The fourth-order valence-electron chi connectivity index (χ4n) is 3.65. The SMILES string of the molecule is CCN(CC)CCNC(=O)C1CCC(=O)N1Cc1c[nH]c2ccccc12. The summed E-state index contributed by atoms with van der Waals surface area (Å²) in [5.74, 6) is 0.0158. The number of rotatable bonds is 8. The molecule has 140 valence electrons. The lowest BCUT2D eigenvalue weighted by atomic mass is 10.1. The number of nitrogens with zero attached hydrogens (tertiary/aromatic N) is 2. The van der Waals surface area contributed by atoms with Gasteiger partial charge in [0.05, 0.1) is 0 Å². The minimum Gasteiger partial charge on any atom is -0.361 e. The highest BCUT2D eigenvalue weighted by molar-refractivity contribution is 5.91. The number of aromatic amines is 1. The molecule has 26 heavy (non-hydrogen) atoms. The Balaban J connectivity index is 1.64. The number of benzene rings is 1. The zero-order valence-corrected chi connectivity index (χ0v) is 15.6. The quantitative estimate of drug-likeness (QED) is 0.761. The van der Waals surface area contributed by atoms with E-state index in [-0.39, 0.29) is 17.9 Å². The second kappa shape index (κ2) is 8.36. The summed E-state index contributed by atoms with van der Waals surface area (Å²) < 4.78 is 0. The van der Waals surface area contributed by atoms with Crippen molar-refractivity contribution >= 4 is 22.7 Å². The molecular weight excluding hydrogens is 328 g/mol. The highest BCUT2D eigenvalue weighted by Crippen LogP contribution is 2.25. The molecule has 0 aliphatic carbocycles. The van der Waals surface area contributed by atoms with E-state index in [1.807, 2.05) is 30.5 Å². The molecule has 0 bridgehead atoms. The lowest BCUT2D eigenvalue weighted by Gasteiger charge is -2.25. The van der Waals surface area contributed by atoms with E-state index in [4.69, 9.17) is 0 Å². The average molecular weight is 356 g/mol. The molecule has 0 spiro atoms. The van der Waals surface area contributed by atoms with Crippen LogP contribution in [-0.4, -0.2) is 58.8 Å². The Labute approximate surface area is 154 Å². The van der Waals surface area contributed by atoms with Gasteiger partial charge in [-0.05, 0) is 31.1 Å². The van der Waals surface area contributed by atoms with E-state index in [2.05, 4.69) is 29.0 Å². The second-order valence-electron chi connectivity index (χ2n) is 6.75. The molecule has 2 heterocycles.